The minimum atomic E-state index is -4.17. The highest BCUT2D eigenvalue weighted by molar-refractivity contribution is 5.22. The Morgan fingerprint density at radius 3 is 2.65 bits per heavy atom. The van der Waals surface area contributed by atoms with Gasteiger partial charge in [-0.05, 0) is 32.6 Å². The lowest BCUT2D eigenvalue weighted by molar-refractivity contribution is -0.129. The third-order valence-electron chi connectivity index (χ3n) is 4.54. The molecule has 5 nitrogen and oxygen atoms in total. The van der Waals surface area contributed by atoms with E-state index in [0.717, 1.165) is 18.7 Å². The summed E-state index contributed by atoms with van der Waals surface area (Å²) in [5.74, 6) is 0.930. The molecule has 1 fully saturated rings. The number of halogens is 3. The largest absolute Gasteiger partial charge is 0.401 e. The Kier molecular flexibility index (Phi) is 4.18. The molecule has 8 heteroatoms. The van der Waals surface area contributed by atoms with Crippen molar-refractivity contribution in [2.75, 3.05) is 6.54 Å². The molecule has 0 radical (unpaired) electrons. The van der Waals surface area contributed by atoms with E-state index in [2.05, 4.69) is 15.4 Å². The minimum Gasteiger partial charge on any atom is -0.303 e. The summed E-state index contributed by atoms with van der Waals surface area (Å²) in [6.07, 6.45) is 5.82. The SMILES string of the molecule is C[C@]1(NCC(F)(F)F)CC[C@@H](n2nccc2-n2ccnc2)CC1. The average molecular weight is 327 g/mol. The molecular formula is C15H20F3N5. The summed E-state index contributed by atoms with van der Waals surface area (Å²) in [5.41, 5.74) is -0.464. The number of nitrogens with zero attached hydrogens (tertiary/aromatic N) is 4. The van der Waals surface area contributed by atoms with Crippen LogP contribution in [0, 0.1) is 0 Å². The molecule has 3 rings (SSSR count). The van der Waals surface area contributed by atoms with Crippen LogP contribution < -0.4 is 5.32 Å². The number of rotatable bonds is 4. The molecule has 1 saturated carbocycles. The molecule has 2 aromatic rings. The van der Waals surface area contributed by atoms with Crippen molar-refractivity contribution >= 4 is 0 Å². The fourth-order valence-corrected chi connectivity index (χ4v) is 3.16. The van der Waals surface area contributed by atoms with E-state index in [1.807, 2.05) is 28.4 Å². The summed E-state index contributed by atoms with van der Waals surface area (Å²) >= 11 is 0. The molecular weight excluding hydrogens is 307 g/mol. The Morgan fingerprint density at radius 2 is 2.04 bits per heavy atom. The fourth-order valence-electron chi connectivity index (χ4n) is 3.16. The molecule has 0 amide bonds. The maximum atomic E-state index is 12.4. The molecule has 0 unspecified atom stereocenters. The first-order valence-corrected chi connectivity index (χ1v) is 7.70. The molecule has 2 heterocycles. The molecule has 0 bridgehead atoms. The van der Waals surface area contributed by atoms with E-state index >= 15 is 0 Å². The lowest BCUT2D eigenvalue weighted by Gasteiger charge is -2.38. The van der Waals surface area contributed by atoms with Gasteiger partial charge >= 0.3 is 6.18 Å². The highest BCUT2D eigenvalue weighted by Gasteiger charge is 2.36. The number of imidazole rings is 1. The number of alkyl halides is 3. The smallest absolute Gasteiger partial charge is 0.303 e. The lowest BCUT2D eigenvalue weighted by Crippen LogP contribution is -2.49. The summed E-state index contributed by atoms with van der Waals surface area (Å²) in [4.78, 5) is 4.04. The second-order valence-electron chi connectivity index (χ2n) is 6.36. The van der Waals surface area contributed by atoms with Gasteiger partial charge in [-0.15, -0.1) is 0 Å². The Morgan fingerprint density at radius 1 is 1.30 bits per heavy atom. The van der Waals surface area contributed by atoms with Crippen molar-refractivity contribution in [2.45, 2.75) is 50.4 Å². The monoisotopic (exact) mass is 327 g/mol. The van der Waals surface area contributed by atoms with E-state index in [-0.39, 0.29) is 6.04 Å². The molecule has 23 heavy (non-hydrogen) atoms. The predicted octanol–water partition coefficient (Wildman–Crippen LogP) is 3.09. The topological polar surface area (TPSA) is 47.7 Å². The van der Waals surface area contributed by atoms with Gasteiger partial charge in [0.2, 0.25) is 0 Å². The zero-order valence-corrected chi connectivity index (χ0v) is 12.9. The van der Waals surface area contributed by atoms with Crippen LogP contribution in [0.25, 0.3) is 5.82 Å². The number of aromatic nitrogens is 4. The first-order chi connectivity index (χ1) is 10.9. The van der Waals surface area contributed by atoms with Gasteiger partial charge in [-0.3, -0.25) is 4.57 Å². The van der Waals surface area contributed by atoms with E-state index < -0.39 is 18.3 Å². The number of hydrogen-bond acceptors (Lipinski definition) is 3. The average Bonchev–Trinajstić information content (AvgIpc) is 3.16. The van der Waals surface area contributed by atoms with Gasteiger partial charge < -0.3 is 5.32 Å². The van der Waals surface area contributed by atoms with Crippen molar-refractivity contribution < 1.29 is 13.2 Å². The van der Waals surface area contributed by atoms with Gasteiger partial charge in [-0.2, -0.15) is 18.3 Å². The van der Waals surface area contributed by atoms with E-state index in [4.69, 9.17) is 0 Å². The normalized spacial score (nSPS) is 25.7. The second-order valence-corrected chi connectivity index (χ2v) is 6.36. The third-order valence-corrected chi connectivity index (χ3v) is 4.54. The minimum absolute atomic E-state index is 0.197. The zero-order chi connectivity index (χ0) is 16.5. The molecule has 1 N–H and O–H groups in total. The van der Waals surface area contributed by atoms with Gasteiger partial charge in [0, 0.05) is 24.0 Å². The number of nitrogens with one attached hydrogen (secondary N) is 1. The van der Waals surface area contributed by atoms with E-state index in [0.29, 0.717) is 12.8 Å². The highest BCUT2D eigenvalue weighted by Crippen LogP contribution is 2.36. The summed E-state index contributed by atoms with van der Waals surface area (Å²) in [6.45, 7) is 0.936. The van der Waals surface area contributed by atoms with Crippen molar-refractivity contribution in [3.63, 3.8) is 0 Å². The van der Waals surface area contributed by atoms with Gasteiger partial charge in [0.1, 0.15) is 12.1 Å². The molecule has 1 aliphatic rings. The summed E-state index contributed by atoms with van der Waals surface area (Å²) in [6, 6.07) is 2.11. The van der Waals surface area contributed by atoms with Crippen molar-refractivity contribution in [1.29, 1.82) is 0 Å². The van der Waals surface area contributed by atoms with Gasteiger partial charge in [-0.25, -0.2) is 9.67 Å². The quantitative estimate of drug-likeness (QED) is 0.939. The standard InChI is InChI=1S/C15H20F3N5/c1-14(20-10-15(16,17)18)5-2-12(3-6-14)23-13(4-7-21-23)22-9-8-19-11-22/h4,7-9,11-12,20H,2-3,5-6,10H2,1H3/t12-,14+. The molecule has 126 valence electrons. The van der Waals surface area contributed by atoms with E-state index in [9.17, 15) is 13.2 Å². The first kappa shape index (κ1) is 16.0. The van der Waals surface area contributed by atoms with Crippen molar-refractivity contribution in [2.24, 2.45) is 0 Å². The zero-order valence-electron chi connectivity index (χ0n) is 12.9. The Balaban J connectivity index is 1.65. The Bertz CT molecular complexity index is 624. The third kappa shape index (κ3) is 3.74. The van der Waals surface area contributed by atoms with E-state index in [1.54, 1.807) is 18.7 Å². The highest BCUT2D eigenvalue weighted by atomic mass is 19.4. The Hall–Kier alpha value is -1.83. The Labute approximate surface area is 132 Å². The van der Waals surface area contributed by atoms with Crippen LogP contribution in [0.3, 0.4) is 0 Å². The molecule has 2 aromatic heterocycles. The van der Waals surface area contributed by atoms with Crippen LogP contribution in [0.5, 0.6) is 0 Å². The van der Waals surface area contributed by atoms with Crippen LogP contribution in [0.4, 0.5) is 13.2 Å². The van der Waals surface area contributed by atoms with Gasteiger partial charge in [0.15, 0.2) is 0 Å². The lowest BCUT2D eigenvalue weighted by atomic mass is 9.81. The maximum absolute atomic E-state index is 12.4. The summed E-state index contributed by atoms with van der Waals surface area (Å²) in [7, 11) is 0. The fraction of sp³-hybridized carbons (Fsp3) is 0.600. The molecule has 0 spiro atoms. The molecule has 0 saturated heterocycles. The molecule has 0 aliphatic heterocycles. The van der Waals surface area contributed by atoms with Crippen molar-refractivity contribution in [1.82, 2.24) is 24.6 Å². The van der Waals surface area contributed by atoms with Crippen LogP contribution in [-0.2, 0) is 0 Å². The van der Waals surface area contributed by atoms with E-state index in [1.165, 1.54) is 0 Å². The van der Waals surface area contributed by atoms with Crippen LogP contribution >= 0.6 is 0 Å². The van der Waals surface area contributed by atoms with Crippen molar-refractivity contribution in [3.8, 4) is 5.82 Å². The number of hydrogen-bond donors (Lipinski definition) is 1. The molecule has 0 atom stereocenters. The maximum Gasteiger partial charge on any atom is 0.401 e. The van der Waals surface area contributed by atoms with Crippen LogP contribution in [0.1, 0.15) is 38.6 Å². The first-order valence-electron chi connectivity index (χ1n) is 7.70. The van der Waals surface area contributed by atoms with Gasteiger partial charge in [-0.1, -0.05) is 0 Å². The molecule has 1 aliphatic carbocycles. The molecule has 0 aromatic carbocycles. The van der Waals surface area contributed by atoms with Crippen molar-refractivity contribution in [3.05, 3.63) is 31.0 Å². The van der Waals surface area contributed by atoms with Gasteiger partial charge in [0.05, 0.1) is 18.8 Å². The van der Waals surface area contributed by atoms with Crippen LogP contribution in [-0.4, -0.2) is 37.6 Å². The van der Waals surface area contributed by atoms with Gasteiger partial charge in [0.25, 0.3) is 0 Å². The second kappa shape index (κ2) is 5.99. The summed E-state index contributed by atoms with van der Waals surface area (Å²) in [5, 5.41) is 7.07. The van der Waals surface area contributed by atoms with Crippen LogP contribution in [0.15, 0.2) is 31.0 Å². The predicted molar refractivity (Wildman–Crippen MR) is 79.3 cm³/mol. The van der Waals surface area contributed by atoms with Crippen LogP contribution in [0.2, 0.25) is 0 Å². The summed E-state index contributed by atoms with van der Waals surface area (Å²) < 4.78 is 41.1.